The lowest BCUT2D eigenvalue weighted by atomic mass is 9.67. The number of furan rings is 1. The van der Waals surface area contributed by atoms with Crippen LogP contribution in [-0.2, 0) is 5.41 Å². The predicted molar refractivity (Wildman–Crippen MR) is 295 cm³/mol. The summed E-state index contributed by atoms with van der Waals surface area (Å²) < 4.78 is 6.91. The molecule has 13 aromatic rings. The number of hydrogen-bond donors (Lipinski definition) is 0. The summed E-state index contributed by atoms with van der Waals surface area (Å²) in [6.07, 6.45) is 0. The second-order valence-electron chi connectivity index (χ2n) is 18.6. The molecule has 2 heterocycles. The highest BCUT2D eigenvalue weighted by molar-refractivity contribution is 6.17. The third-order valence-corrected chi connectivity index (χ3v) is 14.6. The second-order valence-corrected chi connectivity index (χ2v) is 18.6. The fraction of sp³-hybridized carbons (Fsp3) is 0.0147. The van der Waals surface area contributed by atoms with Crippen LogP contribution in [0.25, 0.3) is 111 Å². The Balaban J connectivity index is 0.948. The highest BCUT2D eigenvalue weighted by Crippen LogP contribution is 2.56. The maximum Gasteiger partial charge on any atom is 0.164 e. The van der Waals surface area contributed by atoms with Crippen molar-refractivity contribution in [1.29, 1.82) is 0 Å². The van der Waals surface area contributed by atoms with Crippen LogP contribution < -0.4 is 0 Å². The van der Waals surface area contributed by atoms with Gasteiger partial charge in [0.1, 0.15) is 11.2 Å². The van der Waals surface area contributed by atoms with E-state index in [1.807, 2.05) is 18.2 Å². The number of nitrogens with zero attached hydrogens (tertiary/aromatic N) is 3. The minimum atomic E-state index is -0.564. The summed E-state index contributed by atoms with van der Waals surface area (Å²) in [4.78, 5) is 15.9. The smallest absolute Gasteiger partial charge is 0.164 e. The van der Waals surface area contributed by atoms with E-state index in [1.54, 1.807) is 0 Å². The highest BCUT2D eigenvalue weighted by Gasteiger charge is 2.46. The molecule has 72 heavy (non-hydrogen) atoms. The van der Waals surface area contributed by atoms with Gasteiger partial charge in [0.15, 0.2) is 17.5 Å². The Hall–Kier alpha value is -9.51. The molecule has 0 fully saturated rings. The minimum absolute atomic E-state index is 0.564. The molecule has 2 aromatic heterocycles. The van der Waals surface area contributed by atoms with Crippen LogP contribution in [0, 0.1) is 0 Å². The first kappa shape index (κ1) is 41.5. The third kappa shape index (κ3) is 6.64. The van der Waals surface area contributed by atoms with Crippen molar-refractivity contribution in [2.45, 2.75) is 5.41 Å². The molecule has 0 atom stereocenters. The molecule has 0 radical (unpaired) electrons. The van der Waals surface area contributed by atoms with E-state index >= 15 is 0 Å². The number of hydrogen-bond acceptors (Lipinski definition) is 4. The first-order chi connectivity index (χ1) is 35.7. The van der Waals surface area contributed by atoms with Crippen LogP contribution in [0.5, 0.6) is 0 Å². The molecule has 0 aliphatic heterocycles. The Morgan fingerprint density at radius 2 is 0.792 bits per heavy atom. The molecule has 0 N–H and O–H groups in total. The van der Waals surface area contributed by atoms with Crippen molar-refractivity contribution >= 4 is 32.7 Å². The SMILES string of the molecule is c1ccc(-c2nc(-c3cccc(-c4ccc(-c5ccccc5)c5oc6ccc(-c7cccc8ccccc78)cc6c45)c3)nc(-c3cccc(C4(c5ccccc5)c5ccccc5-c5ccccc54)c3)n2)cc1. The molecule has 11 aromatic carbocycles. The molecule has 1 aliphatic carbocycles. The molecule has 0 amide bonds. The van der Waals surface area contributed by atoms with Gasteiger partial charge >= 0.3 is 0 Å². The lowest BCUT2D eigenvalue weighted by Gasteiger charge is -2.34. The van der Waals surface area contributed by atoms with Gasteiger partial charge in [-0.05, 0) is 102 Å². The zero-order chi connectivity index (χ0) is 47.6. The molecule has 14 rings (SSSR count). The molecular weight excluding hydrogens is 875 g/mol. The van der Waals surface area contributed by atoms with Crippen molar-refractivity contribution in [1.82, 2.24) is 15.0 Å². The summed E-state index contributed by atoms with van der Waals surface area (Å²) in [6.45, 7) is 0. The standard InChI is InChI=1S/C68H43N3O/c1-4-19-45(20-5-1)56-39-38-55(63-59-43-48(37-40-62(59)72-64(56)63)54-34-18-24-44-21-10-11-31-53(44)54)47-25-16-26-49(41-47)66-69-65(46-22-6-2-7-23-46)70-67(71-66)50-27-17-30-52(42-50)68(51-28-8-3-9-29-51)60-35-14-12-32-57(60)58-33-13-15-36-61(58)68/h1-43H. The van der Waals surface area contributed by atoms with Gasteiger partial charge in [0.2, 0.25) is 0 Å². The van der Waals surface area contributed by atoms with Crippen molar-refractivity contribution in [3.8, 4) is 78.7 Å². The zero-order valence-electron chi connectivity index (χ0n) is 39.1. The number of fused-ring (bicyclic) bond motifs is 7. The molecule has 0 saturated carbocycles. The van der Waals surface area contributed by atoms with Gasteiger partial charge in [-0.25, -0.2) is 15.0 Å². The van der Waals surface area contributed by atoms with Crippen molar-refractivity contribution in [3.05, 3.63) is 283 Å². The first-order valence-corrected chi connectivity index (χ1v) is 24.5. The van der Waals surface area contributed by atoms with Crippen molar-refractivity contribution < 1.29 is 4.42 Å². The first-order valence-electron chi connectivity index (χ1n) is 24.5. The van der Waals surface area contributed by atoms with E-state index in [0.29, 0.717) is 17.5 Å². The van der Waals surface area contributed by atoms with Crippen LogP contribution in [0.4, 0.5) is 0 Å². The molecular formula is C68H43N3O. The van der Waals surface area contributed by atoms with E-state index in [0.717, 1.165) is 72.0 Å². The van der Waals surface area contributed by atoms with E-state index in [1.165, 1.54) is 44.2 Å². The maximum atomic E-state index is 6.91. The normalized spacial score (nSPS) is 12.6. The fourth-order valence-corrected chi connectivity index (χ4v) is 11.4. The van der Waals surface area contributed by atoms with Gasteiger partial charge in [0, 0.05) is 33.0 Å². The van der Waals surface area contributed by atoms with Crippen LogP contribution in [0.15, 0.2) is 265 Å². The lowest BCUT2D eigenvalue weighted by Crippen LogP contribution is -2.28. The Morgan fingerprint density at radius 3 is 1.53 bits per heavy atom. The number of aromatic nitrogens is 3. The molecule has 0 bridgehead atoms. The molecule has 1 aliphatic rings. The Labute approximate surface area is 417 Å². The van der Waals surface area contributed by atoms with Gasteiger partial charge in [-0.15, -0.1) is 0 Å². The fourth-order valence-electron chi connectivity index (χ4n) is 11.4. The zero-order valence-corrected chi connectivity index (χ0v) is 39.1. The maximum absolute atomic E-state index is 6.91. The third-order valence-electron chi connectivity index (χ3n) is 14.6. The molecule has 0 saturated heterocycles. The number of rotatable bonds is 8. The predicted octanol–water partition coefficient (Wildman–Crippen LogP) is 17.3. The van der Waals surface area contributed by atoms with E-state index in [2.05, 4.69) is 243 Å². The monoisotopic (exact) mass is 917 g/mol. The van der Waals surface area contributed by atoms with E-state index in [-0.39, 0.29) is 0 Å². The van der Waals surface area contributed by atoms with Crippen molar-refractivity contribution in [3.63, 3.8) is 0 Å². The quantitative estimate of drug-likeness (QED) is 0.152. The van der Waals surface area contributed by atoms with Crippen LogP contribution in [-0.4, -0.2) is 15.0 Å². The van der Waals surface area contributed by atoms with E-state index in [4.69, 9.17) is 19.4 Å². The molecule has 336 valence electrons. The highest BCUT2D eigenvalue weighted by atomic mass is 16.3. The van der Waals surface area contributed by atoms with Gasteiger partial charge in [-0.1, -0.05) is 231 Å². The van der Waals surface area contributed by atoms with E-state index in [9.17, 15) is 0 Å². The second kappa shape index (κ2) is 16.9. The Kier molecular flexibility index (Phi) is 9.71. The molecule has 4 heteroatoms. The van der Waals surface area contributed by atoms with Crippen molar-refractivity contribution in [2.24, 2.45) is 0 Å². The average Bonchev–Trinajstić information content (AvgIpc) is 4.00. The number of benzene rings is 11. The topological polar surface area (TPSA) is 51.8 Å². The largest absolute Gasteiger partial charge is 0.455 e. The van der Waals surface area contributed by atoms with Gasteiger partial charge in [-0.2, -0.15) is 0 Å². The van der Waals surface area contributed by atoms with Gasteiger partial charge in [-0.3, -0.25) is 0 Å². The van der Waals surface area contributed by atoms with E-state index < -0.39 is 5.41 Å². The summed E-state index contributed by atoms with van der Waals surface area (Å²) >= 11 is 0. The minimum Gasteiger partial charge on any atom is -0.455 e. The Morgan fingerprint density at radius 1 is 0.292 bits per heavy atom. The Bertz CT molecular complexity index is 4170. The summed E-state index contributed by atoms with van der Waals surface area (Å²) in [5, 5.41) is 4.55. The average molecular weight is 918 g/mol. The van der Waals surface area contributed by atoms with Crippen LogP contribution >= 0.6 is 0 Å². The van der Waals surface area contributed by atoms with Gasteiger partial charge < -0.3 is 4.42 Å². The molecule has 4 nitrogen and oxygen atoms in total. The van der Waals surface area contributed by atoms with Crippen LogP contribution in [0.3, 0.4) is 0 Å². The summed E-state index contributed by atoms with van der Waals surface area (Å²) in [5.41, 5.74) is 17.8. The summed E-state index contributed by atoms with van der Waals surface area (Å²) in [7, 11) is 0. The van der Waals surface area contributed by atoms with Gasteiger partial charge in [0.25, 0.3) is 0 Å². The van der Waals surface area contributed by atoms with Gasteiger partial charge in [0.05, 0.1) is 5.41 Å². The lowest BCUT2D eigenvalue weighted by molar-refractivity contribution is 0.670. The van der Waals surface area contributed by atoms with Crippen LogP contribution in [0.1, 0.15) is 22.3 Å². The van der Waals surface area contributed by atoms with Crippen LogP contribution in [0.2, 0.25) is 0 Å². The molecule has 0 unspecified atom stereocenters. The van der Waals surface area contributed by atoms with Crippen molar-refractivity contribution in [2.75, 3.05) is 0 Å². The molecule has 0 spiro atoms. The summed E-state index contributed by atoms with van der Waals surface area (Å²) in [5.74, 6) is 1.80. The summed E-state index contributed by atoms with van der Waals surface area (Å²) in [6, 6.07) is 92.9.